The van der Waals surface area contributed by atoms with E-state index in [4.69, 9.17) is 10.5 Å². The van der Waals surface area contributed by atoms with Crippen LogP contribution in [0.1, 0.15) is 30.1 Å². The van der Waals surface area contributed by atoms with Crippen molar-refractivity contribution in [1.82, 2.24) is 9.78 Å². The Hall–Kier alpha value is -1.49. The molecule has 5 heteroatoms. The van der Waals surface area contributed by atoms with Crippen molar-refractivity contribution in [3.63, 3.8) is 0 Å². The normalized spacial score (nSPS) is 18.5. The van der Waals surface area contributed by atoms with Gasteiger partial charge in [-0.15, -0.1) is 0 Å². The van der Waals surface area contributed by atoms with Crippen LogP contribution in [0.5, 0.6) is 5.75 Å². The monoisotopic (exact) mass is 321 g/mol. The minimum absolute atomic E-state index is 0.152. The quantitative estimate of drug-likeness (QED) is 0.876. The van der Waals surface area contributed by atoms with Crippen molar-refractivity contribution in [3.05, 3.63) is 40.0 Å². The molecule has 1 unspecified atom stereocenters. The van der Waals surface area contributed by atoms with Crippen LogP contribution in [0.3, 0.4) is 0 Å². The van der Waals surface area contributed by atoms with E-state index in [0.29, 0.717) is 5.82 Å². The van der Waals surface area contributed by atoms with Crippen LogP contribution in [0.4, 0.5) is 5.82 Å². The van der Waals surface area contributed by atoms with E-state index in [-0.39, 0.29) is 6.04 Å². The molecule has 3 rings (SSSR count). The van der Waals surface area contributed by atoms with E-state index in [0.717, 1.165) is 40.9 Å². The zero-order chi connectivity index (χ0) is 13.4. The summed E-state index contributed by atoms with van der Waals surface area (Å²) < 4.78 is 8.75. The van der Waals surface area contributed by atoms with Gasteiger partial charge in [-0.2, -0.15) is 5.10 Å². The maximum absolute atomic E-state index is 6.06. The smallest absolute Gasteiger partial charge is 0.125 e. The maximum atomic E-state index is 6.06. The highest BCUT2D eigenvalue weighted by molar-refractivity contribution is 9.10. The third-order valence-electron chi connectivity index (χ3n) is 3.40. The molecule has 1 aliphatic rings. The second kappa shape index (κ2) is 4.89. The molecule has 1 atom stereocenters. The van der Waals surface area contributed by atoms with E-state index in [1.807, 2.05) is 29.8 Å². The zero-order valence-electron chi connectivity index (χ0n) is 10.8. The van der Waals surface area contributed by atoms with Crippen LogP contribution in [-0.2, 0) is 0 Å². The second-order valence-electron chi connectivity index (χ2n) is 4.84. The fraction of sp³-hybridized carbons (Fsp3) is 0.357. The number of nitrogens with zero attached hydrogens (tertiary/aromatic N) is 2. The van der Waals surface area contributed by atoms with Gasteiger partial charge in [-0.05, 0) is 31.9 Å². The molecule has 2 aromatic rings. The van der Waals surface area contributed by atoms with Crippen molar-refractivity contribution in [2.24, 2.45) is 0 Å². The highest BCUT2D eigenvalue weighted by Crippen LogP contribution is 2.36. The highest BCUT2D eigenvalue weighted by atomic mass is 79.9. The van der Waals surface area contributed by atoms with Crippen LogP contribution in [0, 0.1) is 6.92 Å². The van der Waals surface area contributed by atoms with Crippen LogP contribution >= 0.6 is 15.9 Å². The third kappa shape index (κ3) is 2.34. The number of hydrogen-bond acceptors (Lipinski definition) is 3. The Morgan fingerprint density at radius 3 is 3.00 bits per heavy atom. The first-order chi connectivity index (χ1) is 9.15. The van der Waals surface area contributed by atoms with Gasteiger partial charge >= 0.3 is 0 Å². The lowest BCUT2D eigenvalue weighted by molar-refractivity contribution is 0.315. The number of halogens is 1. The molecule has 1 aromatic carbocycles. The van der Waals surface area contributed by atoms with Crippen LogP contribution in [0.2, 0.25) is 0 Å². The Morgan fingerprint density at radius 1 is 1.42 bits per heavy atom. The Morgan fingerprint density at radius 2 is 2.26 bits per heavy atom. The molecule has 0 aliphatic carbocycles. The topological polar surface area (TPSA) is 53.1 Å². The van der Waals surface area contributed by atoms with Gasteiger partial charge in [-0.1, -0.05) is 22.0 Å². The van der Waals surface area contributed by atoms with Crippen LogP contribution in [0.15, 0.2) is 28.7 Å². The first-order valence-corrected chi connectivity index (χ1v) is 7.18. The first kappa shape index (κ1) is 12.5. The van der Waals surface area contributed by atoms with Gasteiger partial charge in [-0.3, -0.25) is 0 Å². The average molecular weight is 322 g/mol. The van der Waals surface area contributed by atoms with E-state index in [1.54, 1.807) is 0 Å². The summed E-state index contributed by atoms with van der Waals surface area (Å²) in [6.45, 7) is 2.70. The number of hydrogen-bond donors (Lipinski definition) is 1. The fourth-order valence-electron chi connectivity index (χ4n) is 2.56. The van der Waals surface area contributed by atoms with E-state index >= 15 is 0 Å². The van der Waals surface area contributed by atoms with E-state index < -0.39 is 0 Å². The summed E-state index contributed by atoms with van der Waals surface area (Å²) in [6.07, 6.45) is 1.98. The highest BCUT2D eigenvalue weighted by Gasteiger charge is 2.23. The predicted molar refractivity (Wildman–Crippen MR) is 78.4 cm³/mol. The minimum atomic E-state index is 0.152. The first-order valence-electron chi connectivity index (χ1n) is 6.39. The molecule has 100 valence electrons. The fourth-order valence-corrected chi connectivity index (χ4v) is 2.90. The molecule has 19 heavy (non-hydrogen) atoms. The number of benzene rings is 1. The Bertz CT molecular complexity index is 609. The third-order valence-corrected chi connectivity index (χ3v) is 3.89. The molecule has 0 fully saturated rings. The maximum Gasteiger partial charge on any atom is 0.125 e. The number of rotatable bonds is 1. The Balaban J connectivity index is 2.10. The predicted octanol–water partition coefficient (Wildman–Crippen LogP) is 3.30. The van der Waals surface area contributed by atoms with Gasteiger partial charge in [0.1, 0.15) is 11.6 Å². The molecule has 2 N–H and O–H groups in total. The number of anilines is 1. The van der Waals surface area contributed by atoms with Gasteiger partial charge in [-0.25, -0.2) is 4.68 Å². The Labute approximate surface area is 120 Å². The van der Waals surface area contributed by atoms with Crippen molar-refractivity contribution >= 4 is 21.7 Å². The lowest BCUT2D eigenvalue weighted by Crippen LogP contribution is -2.14. The molecule has 0 saturated heterocycles. The molecule has 4 nitrogen and oxygen atoms in total. The molecule has 1 aromatic heterocycles. The summed E-state index contributed by atoms with van der Waals surface area (Å²) in [4.78, 5) is 0. The number of nitrogen functional groups attached to an aromatic ring is 1. The number of aromatic nitrogens is 2. The van der Waals surface area contributed by atoms with Crippen molar-refractivity contribution < 1.29 is 4.74 Å². The molecule has 0 bridgehead atoms. The molecule has 0 radical (unpaired) electrons. The Kier molecular flexibility index (Phi) is 3.22. The van der Waals surface area contributed by atoms with E-state index in [2.05, 4.69) is 27.1 Å². The van der Waals surface area contributed by atoms with Gasteiger partial charge in [0, 0.05) is 16.1 Å². The van der Waals surface area contributed by atoms with Gasteiger partial charge in [0.25, 0.3) is 0 Å². The summed E-state index contributed by atoms with van der Waals surface area (Å²) in [6, 6.07) is 8.20. The average Bonchev–Trinajstić information content (AvgIpc) is 2.59. The standard InChI is InChI=1S/C14H16BrN3O/c1-9-7-14(16)18(17-9)12-3-2-6-19-13-8-10(15)4-5-11(12)13/h4-5,7-8,12H,2-3,6,16H2,1H3. The molecule has 0 spiro atoms. The molecule has 1 aliphatic heterocycles. The van der Waals surface area contributed by atoms with Crippen LogP contribution < -0.4 is 10.5 Å². The van der Waals surface area contributed by atoms with Gasteiger partial charge in [0.2, 0.25) is 0 Å². The summed E-state index contributed by atoms with van der Waals surface area (Å²) in [7, 11) is 0. The molecule has 0 amide bonds. The van der Waals surface area contributed by atoms with Crippen LogP contribution in [-0.4, -0.2) is 16.4 Å². The lowest BCUT2D eigenvalue weighted by atomic mass is 10.0. The van der Waals surface area contributed by atoms with Crippen LogP contribution in [0.25, 0.3) is 0 Å². The number of aryl methyl sites for hydroxylation is 1. The van der Waals surface area contributed by atoms with Crippen molar-refractivity contribution in [2.45, 2.75) is 25.8 Å². The number of fused-ring (bicyclic) bond motifs is 1. The summed E-state index contributed by atoms with van der Waals surface area (Å²) >= 11 is 3.48. The molecular weight excluding hydrogens is 306 g/mol. The van der Waals surface area contributed by atoms with Crippen molar-refractivity contribution in [2.75, 3.05) is 12.3 Å². The minimum Gasteiger partial charge on any atom is -0.493 e. The molecule has 2 heterocycles. The lowest BCUT2D eigenvalue weighted by Gasteiger charge is -2.18. The van der Waals surface area contributed by atoms with Gasteiger partial charge < -0.3 is 10.5 Å². The SMILES string of the molecule is Cc1cc(N)n(C2CCCOc3cc(Br)ccc32)n1. The van der Waals surface area contributed by atoms with Gasteiger partial charge in [0.05, 0.1) is 18.3 Å². The van der Waals surface area contributed by atoms with Gasteiger partial charge in [0.15, 0.2) is 0 Å². The summed E-state index contributed by atoms with van der Waals surface area (Å²) in [5.41, 5.74) is 8.15. The summed E-state index contributed by atoms with van der Waals surface area (Å²) in [5.74, 6) is 1.63. The van der Waals surface area contributed by atoms with E-state index in [1.165, 1.54) is 0 Å². The van der Waals surface area contributed by atoms with Crippen molar-refractivity contribution in [3.8, 4) is 5.75 Å². The van der Waals surface area contributed by atoms with E-state index in [9.17, 15) is 0 Å². The summed E-state index contributed by atoms with van der Waals surface area (Å²) in [5, 5.41) is 4.52. The molecule has 0 saturated carbocycles. The largest absolute Gasteiger partial charge is 0.493 e. The second-order valence-corrected chi connectivity index (χ2v) is 5.76. The number of nitrogens with two attached hydrogens (primary N) is 1. The van der Waals surface area contributed by atoms with Crippen molar-refractivity contribution in [1.29, 1.82) is 0 Å². The number of ether oxygens (including phenoxy) is 1. The zero-order valence-corrected chi connectivity index (χ0v) is 12.4. The molecular formula is C14H16BrN3O.